The van der Waals surface area contributed by atoms with Crippen LogP contribution in [0.3, 0.4) is 0 Å². The predicted molar refractivity (Wildman–Crippen MR) is 131 cm³/mol. The second kappa shape index (κ2) is 9.84. The van der Waals surface area contributed by atoms with Crippen molar-refractivity contribution in [2.24, 2.45) is 0 Å². The van der Waals surface area contributed by atoms with Crippen molar-refractivity contribution in [3.63, 3.8) is 0 Å². The van der Waals surface area contributed by atoms with Crippen LogP contribution in [0, 0.1) is 5.82 Å². The molecule has 0 unspecified atom stereocenters. The molecular weight excluding hydrogens is 451 g/mol. The van der Waals surface area contributed by atoms with Gasteiger partial charge in [0.15, 0.2) is 5.13 Å². The summed E-state index contributed by atoms with van der Waals surface area (Å²) < 4.78 is 22.9. The number of thiazole rings is 1. The Morgan fingerprint density at radius 1 is 1.03 bits per heavy atom. The van der Waals surface area contributed by atoms with E-state index in [1.807, 2.05) is 47.2 Å². The molecule has 0 atom stereocenters. The summed E-state index contributed by atoms with van der Waals surface area (Å²) in [5, 5.41) is 0.463. The van der Waals surface area contributed by atoms with Gasteiger partial charge >= 0.3 is 0 Å². The summed E-state index contributed by atoms with van der Waals surface area (Å²) >= 11 is 1.30. The fourth-order valence-electron chi connectivity index (χ4n) is 3.61. The molecule has 0 fully saturated rings. The van der Waals surface area contributed by atoms with Gasteiger partial charge in [0.25, 0.3) is 5.91 Å². The fourth-order valence-corrected chi connectivity index (χ4v) is 4.61. The van der Waals surface area contributed by atoms with Gasteiger partial charge in [-0.3, -0.25) is 9.69 Å². The highest BCUT2D eigenvalue weighted by molar-refractivity contribution is 7.22. The van der Waals surface area contributed by atoms with Crippen molar-refractivity contribution in [2.45, 2.75) is 13.0 Å². The van der Waals surface area contributed by atoms with Gasteiger partial charge in [0.2, 0.25) is 0 Å². The number of anilines is 1. The number of rotatable bonds is 8. The van der Waals surface area contributed by atoms with Crippen LogP contribution in [0.5, 0.6) is 11.5 Å². The van der Waals surface area contributed by atoms with Crippen LogP contribution < -0.4 is 9.64 Å². The number of nitrogens with zero attached hydrogens (tertiary/aromatic N) is 4. The third-order valence-electron chi connectivity index (χ3n) is 5.25. The molecule has 0 bridgehead atoms. The molecular formula is C26H21FN4O2S. The van der Waals surface area contributed by atoms with Gasteiger partial charge < -0.3 is 9.30 Å². The summed E-state index contributed by atoms with van der Waals surface area (Å²) in [6, 6.07) is 21.3. The Labute approximate surface area is 199 Å². The largest absolute Gasteiger partial charge is 0.457 e. The molecule has 2 aromatic heterocycles. The average Bonchev–Trinajstić information content (AvgIpc) is 3.53. The third-order valence-corrected chi connectivity index (χ3v) is 6.30. The van der Waals surface area contributed by atoms with Crippen molar-refractivity contribution >= 4 is 32.6 Å². The first kappa shape index (κ1) is 21.8. The zero-order chi connectivity index (χ0) is 23.3. The normalized spacial score (nSPS) is 11.0. The highest BCUT2D eigenvalue weighted by Crippen LogP contribution is 2.32. The molecule has 5 rings (SSSR count). The number of hydrogen-bond acceptors (Lipinski definition) is 5. The van der Waals surface area contributed by atoms with Crippen LogP contribution in [0.1, 0.15) is 16.8 Å². The first-order valence-corrected chi connectivity index (χ1v) is 11.6. The van der Waals surface area contributed by atoms with Crippen LogP contribution >= 0.6 is 11.3 Å². The van der Waals surface area contributed by atoms with E-state index in [9.17, 15) is 9.18 Å². The molecule has 170 valence electrons. The molecule has 34 heavy (non-hydrogen) atoms. The molecule has 0 N–H and O–H groups in total. The minimum absolute atomic E-state index is 0.219. The van der Waals surface area contributed by atoms with Gasteiger partial charge in [0, 0.05) is 31.0 Å². The van der Waals surface area contributed by atoms with Gasteiger partial charge in [-0.05, 0) is 48.9 Å². The number of amides is 1. The number of fused-ring (bicyclic) bond motifs is 1. The maximum atomic E-state index is 14.3. The van der Waals surface area contributed by atoms with Crippen LogP contribution in [-0.2, 0) is 6.54 Å². The Bertz CT molecular complexity index is 1400. The van der Waals surface area contributed by atoms with E-state index in [1.165, 1.54) is 17.4 Å². The number of hydrogen-bond donors (Lipinski definition) is 0. The number of imidazole rings is 1. The van der Waals surface area contributed by atoms with Crippen molar-refractivity contribution in [2.75, 3.05) is 11.4 Å². The minimum Gasteiger partial charge on any atom is -0.457 e. The lowest BCUT2D eigenvalue weighted by atomic mass is 10.2. The first-order valence-electron chi connectivity index (χ1n) is 10.8. The van der Waals surface area contributed by atoms with E-state index < -0.39 is 5.82 Å². The molecule has 5 aromatic rings. The zero-order valence-corrected chi connectivity index (χ0v) is 19.0. The molecule has 0 spiro atoms. The molecule has 0 aliphatic carbocycles. The number of aryl methyl sites for hydroxylation is 1. The fraction of sp³-hybridized carbons (Fsp3) is 0.115. The van der Waals surface area contributed by atoms with E-state index in [-0.39, 0.29) is 11.4 Å². The summed E-state index contributed by atoms with van der Waals surface area (Å²) in [6.07, 6.45) is 6.02. The third kappa shape index (κ3) is 4.82. The highest BCUT2D eigenvalue weighted by atomic mass is 32.1. The molecule has 8 heteroatoms. The van der Waals surface area contributed by atoms with Gasteiger partial charge in [-0.1, -0.05) is 41.7 Å². The lowest BCUT2D eigenvalue weighted by molar-refractivity contribution is 0.0986. The smallest absolute Gasteiger partial charge is 0.260 e. The van der Waals surface area contributed by atoms with Gasteiger partial charge in [-0.15, -0.1) is 0 Å². The Hall–Kier alpha value is -4.04. The lowest BCUT2D eigenvalue weighted by Gasteiger charge is -2.20. The number of para-hydroxylation sites is 2. The van der Waals surface area contributed by atoms with Gasteiger partial charge in [0.05, 0.1) is 11.0 Å². The molecule has 0 saturated carbocycles. The molecule has 0 radical (unpaired) electrons. The predicted octanol–water partition coefficient (Wildman–Crippen LogP) is 6.16. The average molecular weight is 473 g/mol. The molecule has 3 aromatic carbocycles. The summed E-state index contributed by atoms with van der Waals surface area (Å²) in [5.41, 5.74) is 0.742. The Kier molecular flexibility index (Phi) is 6.31. The van der Waals surface area contributed by atoms with Crippen molar-refractivity contribution in [3.05, 3.63) is 103 Å². The lowest BCUT2D eigenvalue weighted by Crippen LogP contribution is -2.32. The Morgan fingerprint density at radius 3 is 2.65 bits per heavy atom. The van der Waals surface area contributed by atoms with Crippen molar-refractivity contribution in [3.8, 4) is 11.5 Å². The number of halogens is 1. The zero-order valence-electron chi connectivity index (χ0n) is 18.2. The van der Waals surface area contributed by atoms with Crippen LogP contribution in [0.2, 0.25) is 0 Å². The van der Waals surface area contributed by atoms with Gasteiger partial charge in [-0.25, -0.2) is 14.4 Å². The standard InChI is InChI=1S/C26H21FN4O2S/c27-22-11-5-12-23-24(22)29-26(34-23)31(15-6-14-30-16-13-28-18-30)25(32)19-7-4-10-21(17-19)33-20-8-2-1-3-9-20/h1-5,7-13,16-18H,6,14-15H2. The van der Waals surface area contributed by atoms with Crippen LogP contribution in [0.25, 0.3) is 10.2 Å². The van der Waals surface area contributed by atoms with Crippen molar-refractivity contribution in [1.82, 2.24) is 14.5 Å². The molecule has 0 aliphatic heterocycles. The van der Waals surface area contributed by atoms with E-state index in [2.05, 4.69) is 9.97 Å². The SMILES string of the molecule is O=C(c1cccc(Oc2ccccc2)c1)N(CCCn1ccnc1)c1nc2c(F)cccc2s1. The van der Waals surface area contributed by atoms with E-state index in [4.69, 9.17) is 4.74 Å². The topological polar surface area (TPSA) is 60.2 Å². The van der Waals surface area contributed by atoms with E-state index in [0.717, 1.165) is 0 Å². The van der Waals surface area contributed by atoms with Crippen LogP contribution in [0.15, 0.2) is 91.5 Å². The quantitative estimate of drug-likeness (QED) is 0.271. The minimum atomic E-state index is -0.399. The molecule has 1 amide bonds. The number of carbonyl (C=O) groups is 1. The second-order valence-electron chi connectivity index (χ2n) is 7.64. The second-order valence-corrected chi connectivity index (χ2v) is 8.65. The van der Waals surface area contributed by atoms with Crippen LogP contribution in [-0.4, -0.2) is 27.0 Å². The molecule has 6 nitrogen and oxygen atoms in total. The van der Waals surface area contributed by atoms with Crippen molar-refractivity contribution < 1.29 is 13.9 Å². The number of aromatic nitrogens is 3. The maximum Gasteiger partial charge on any atom is 0.260 e. The van der Waals surface area contributed by atoms with Gasteiger partial charge in [0.1, 0.15) is 22.8 Å². The summed E-state index contributed by atoms with van der Waals surface area (Å²) in [4.78, 5) is 23.8. The molecule has 2 heterocycles. The summed E-state index contributed by atoms with van der Waals surface area (Å²) in [6.45, 7) is 1.11. The van der Waals surface area contributed by atoms with Crippen molar-refractivity contribution in [1.29, 1.82) is 0 Å². The number of ether oxygens (including phenoxy) is 1. The van der Waals surface area contributed by atoms with E-state index in [0.29, 0.717) is 46.4 Å². The summed E-state index contributed by atoms with van der Waals surface area (Å²) in [5.74, 6) is 0.629. The number of benzene rings is 3. The maximum absolute atomic E-state index is 14.3. The highest BCUT2D eigenvalue weighted by Gasteiger charge is 2.22. The Balaban J connectivity index is 1.43. The number of carbonyl (C=O) groups excluding carboxylic acids is 1. The monoisotopic (exact) mass is 472 g/mol. The van der Waals surface area contributed by atoms with Gasteiger partial charge in [-0.2, -0.15) is 0 Å². The van der Waals surface area contributed by atoms with E-state index in [1.54, 1.807) is 47.8 Å². The van der Waals surface area contributed by atoms with E-state index >= 15 is 0 Å². The Morgan fingerprint density at radius 2 is 1.85 bits per heavy atom. The summed E-state index contributed by atoms with van der Waals surface area (Å²) in [7, 11) is 0. The molecule has 0 aliphatic rings. The molecule has 0 saturated heterocycles. The first-order chi connectivity index (χ1) is 16.7. The van der Waals surface area contributed by atoms with Crippen LogP contribution in [0.4, 0.5) is 9.52 Å².